The first-order valence-corrected chi connectivity index (χ1v) is 25.8. The molecule has 3 heterocycles. The SMILES string of the molecule is Cc1cc2c3c(c1)N(c1ccc(C(C)(C)C)cc1)c1c(ccc4c1C(C)(C)CCC4(C)C)B3c1c(sc3ccc(C(C)(C)C)cc13)N2c1ccc(C(C)(C)C)cc1-c1ccc(C(C)(C)C)cc1. The van der Waals surface area contributed by atoms with Gasteiger partial charge in [0, 0.05) is 33.0 Å². The molecule has 10 rings (SSSR count). The number of anilines is 6. The van der Waals surface area contributed by atoms with Gasteiger partial charge in [-0.3, -0.25) is 0 Å². The zero-order valence-corrected chi connectivity index (χ0v) is 44.5. The van der Waals surface area contributed by atoms with E-state index in [1.165, 1.54) is 116 Å². The predicted molar refractivity (Wildman–Crippen MR) is 296 cm³/mol. The molecular weight excluding hydrogens is 828 g/mol. The van der Waals surface area contributed by atoms with Crippen molar-refractivity contribution >= 4 is 78.0 Å². The molecule has 4 heteroatoms. The summed E-state index contributed by atoms with van der Waals surface area (Å²) in [5, 5.41) is 2.71. The number of nitrogens with zero attached hydrogens (tertiary/aromatic N) is 2. The minimum atomic E-state index is -0.0194. The molecule has 7 aromatic rings. The predicted octanol–water partition coefficient (Wildman–Crippen LogP) is 16.5. The molecule has 0 spiro atoms. The molecule has 3 aliphatic rings. The smallest absolute Gasteiger partial charge is 0.254 e. The van der Waals surface area contributed by atoms with Gasteiger partial charge in [0.05, 0.1) is 10.7 Å². The minimum absolute atomic E-state index is 0.00187. The topological polar surface area (TPSA) is 6.48 Å². The van der Waals surface area contributed by atoms with Crippen molar-refractivity contribution in [3.8, 4) is 11.1 Å². The maximum Gasteiger partial charge on any atom is 0.254 e. The Labute approximate surface area is 407 Å². The van der Waals surface area contributed by atoms with Crippen molar-refractivity contribution in [1.82, 2.24) is 0 Å². The third-order valence-electron chi connectivity index (χ3n) is 15.8. The number of hydrogen-bond donors (Lipinski definition) is 0. The highest BCUT2D eigenvalue weighted by Crippen LogP contribution is 2.55. The summed E-state index contributed by atoms with van der Waals surface area (Å²) in [5.74, 6) is 0. The summed E-state index contributed by atoms with van der Waals surface area (Å²) in [6.07, 6.45) is 2.32. The van der Waals surface area contributed by atoms with E-state index in [-0.39, 0.29) is 39.2 Å². The van der Waals surface area contributed by atoms with Gasteiger partial charge in [-0.05, 0) is 161 Å². The Kier molecular flexibility index (Phi) is 10.2. The van der Waals surface area contributed by atoms with Crippen molar-refractivity contribution in [2.75, 3.05) is 9.80 Å². The number of thiophene rings is 1. The molecule has 6 aromatic carbocycles. The fourth-order valence-electron chi connectivity index (χ4n) is 11.5. The molecule has 0 atom stereocenters. The van der Waals surface area contributed by atoms with Crippen LogP contribution >= 0.6 is 11.3 Å². The summed E-state index contributed by atoms with van der Waals surface area (Å²) in [7, 11) is 0. The average molecular weight is 901 g/mol. The van der Waals surface area contributed by atoms with Gasteiger partial charge < -0.3 is 9.80 Å². The van der Waals surface area contributed by atoms with E-state index >= 15 is 0 Å². The molecule has 0 amide bonds. The number of benzene rings is 6. The van der Waals surface area contributed by atoms with Crippen LogP contribution in [-0.4, -0.2) is 6.71 Å². The van der Waals surface area contributed by atoms with Crippen molar-refractivity contribution in [1.29, 1.82) is 0 Å². The van der Waals surface area contributed by atoms with Crippen LogP contribution in [0.15, 0.2) is 109 Å². The van der Waals surface area contributed by atoms with Gasteiger partial charge >= 0.3 is 0 Å². The summed E-state index contributed by atoms with van der Waals surface area (Å²) in [6, 6.07) is 43.8. The van der Waals surface area contributed by atoms with Crippen LogP contribution in [-0.2, 0) is 32.5 Å². The Morgan fingerprint density at radius 3 is 1.63 bits per heavy atom. The second-order valence-electron chi connectivity index (χ2n) is 25.9. The molecule has 0 saturated heterocycles. The Morgan fingerprint density at radius 1 is 0.507 bits per heavy atom. The summed E-state index contributed by atoms with van der Waals surface area (Å²) in [5.41, 5.74) is 23.1. The molecule has 0 N–H and O–H groups in total. The Bertz CT molecular complexity index is 3110. The van der Waals surface area contributed by atoms with Crippen LogP contribution in [0.2, 0.25) is 0 Å². The maximum atomic E-state index is 2.71. The number of rotatable bonds is 3. The van der Waals surface area contributed by atoms with E-state index in [4.69, 9.17) is 0 Å². The van der Waals surface area contributed by atoms with Crippen molar-refractivity contribution in [3.05, 3.63) is 148 Å². The van der Waals surface area contributed by atoms with Gasteiger partial charge in [0.15, 0.2) is 0 Å². The van der Waals surface area contributed by atoms with E-state index in [2.05, 4.69) is 237 Å². The summed E-state index contributed by atoms with van der Waals surface area (Å²) < 4.78 is 1.35. The zero-order chi connectivity index (χ0) is 48.1. The van der Waals surface area contributed by atoms with Gasteiger partial charge in [-0.2, -0.15) is 0 Å². The van der Waals surface area contributed by atoms with Crippen molar-refractivity contribution in [3.63, 3.8) is 0 Å². The Hall–Kier alpha value is -5.06. The molecular formula is C63H73BN2S. The lowest BCUT2D eigenvalue weighted by atomic mass is 9.33. The standard InChI is InChI=1S/C63H73BN2S/c1-38-34-50-55-51(35-38)66(49-30-24-42(60(8,9)10)36-45(49)39-18-20-40(21-19-39)58(2,3)4)57-54(46-37-43(61(11,12)13)25-31-52(46)67-57)64(55)48-29-28-47-53(63(16,17)33-32-62(47,14)15)56(48)65(50)44-26-22-41(23-27-44)59(5,6)7/h18-31,34-37H,32-33H2,1-17H3. The van der Waals surface area contributed by atoms with Gasteiger partial charge in [-0.25, -0.2) is 0 Å². The molecule has 0 unspecified atom stereocenters. The third kappa shape index (κ3) is 7.42. The molecule has 67 heavy (non-hydrogen) atoms. The highest BCUT2D eigenvalue weighted by atomic mass is 32.1. The molecule has 1 aliphatic carbocycles. The van der Waals surface area contributed by atoms with Crippen molar-refractivity contribution in [2.45, 2.75) is 163 Å². The van der Waals surface area contributed by atoms with Crippen LogP contribution < -0.4 is 26.2 Å². The summed E-state index contributed by atoms with van der Waals surface area (Å²) in [4.78, 5) is 5.40. The van der Waals surface area contributed by atoms with E-state index in [0.717, 1.165) is 6.42 Å². The highest BCUT2D eigenvalue weighted by molar-refractivity contribution is 7.26. The van der Waals surface area contributed by atoms with Gasteiger partial charge in [0.25, 0.3) is 6.71 Å². The Balaban J connectivity index is 1.35. The third-order valence-corrected chi connectivity index (χ3v) is 17.0. The summed E-state index contributed by atoms with van der Waals surface area (Å²) in [6.45, 7) is 40.3. The van der Waals surface area contributed by atoms with Crippen LogP contribution in [0.4, 0.5) is 33.4 Å². The first kappa shape index (κ1) is 45.7. The fourth-order valence-corrected chi connectivity index (χ4v) is 12.8. The van der Waals surface area contributed by atoms with E-state index in [1.807, 2.05) is 11.3 Å². The molecule has 2 nitrogen and oxygen atoms in total. The van der Waals surface area contributed by atoms with Crippen molar-refractivity contribution < 1.29 is 0 Å². The molecule has 344 valence electrons. The molecule has 1 aromatic heterocycles. The van der Waals surface area contributed by atoms with E-state index < -0.39 is 0 Å². The van der Waals surface area contributed by atoms with Crippen LogP contribution in [0.3, 0.4) is 0 Å². The van der Waals surface area contributed by atoms with Crippen LogP contribution in [0.1, 0.15) is 163 Å². The number of hydrogen-bond acceptors (Lipinski definition) is 3. The first-order valence-electron chi connectivity index (χ1n) is 25.0. The normalized spacial score (nSPS) is 16.5. The van der Waals surface area contributed by atoms with Crippen molar-refractivity contribution in [2.24, 2.45) is 0 Å². The van der Waals surface area contributed by atoms with Gasteiger partial charge in [0.1, 0.15) is 0 Å². The average Bonchev–Trinajstić information content (AvgIpc) is 3.62. The molecule has 0 bridgehead atoms. The largest absolute Gasteiger partial charge is 0.311 e. The first-order chi connectivity index (χ1) is 31.1. The minimum Gasteiger partial charge on any atom is -0.311 e. The van der Waals surface area contributed by atoms with Gasteiger partial charge in [-0.15, -0.1) is 11.3 Å². The highest BCUT2D eigenvalue weighted by Gasteiger charge is 2.49. The van der Waals surface area contributed by atoms with Crippen LogP contribution in [0.25, 0.3) is 21.2 Å². The molecule has 0 saturated carbocycles. The van der Waals surface area contributed by atoms with Gasteiger partial charge in [-0.1, -0.05) is 178 Å². The van der Waals surface area contributed by atoms with E-state index in [9.17, 15) is 0 Å². The lowest BCUT2D eigenvalue weighted by Gasteiger charge is -2.49. The van der Waals surface area contributed by atoms with E-state index in [1.54, 1.807) is 0 Å². The van der Waals surface area contributed by atoms with Crippen LogP contribution in [0.5, 0.6) is 0 Å². The maximum absolute atomic E-state index is 2.71. The summed E-state index contributed by atoms with van der Waals surface area (Å²) >= 11 is 1.98. The Morgan fingerprint density at radius 2 is 1.03 bits per heavy atom. The molecule has 0 radical (unpaired) electrons. The van der Waals surface area contributed by atoms with E-state index in [0.29, 0.717) is 0 Å². The molecule has 2 aliphatic heterocycles. The lowest BCUT2D eigenvalue weighted by Crippen LogP contribution is -2.61. The lowest BCUT2D eigenvalue weighted by molar-refractivity contribution is 0.333. The van der Waals surface area contributed by atoms with Crippen LogP contribution in [0, 0.1) is 6.92 Å². The number of fused-ring (bicyclic) bond motifs is 8. The second-order valence-corrected chi connectivity index (χ2v) is 26.9. The monoisotopic (exact) mass is 901 g/mol. The zero-order valence-electron chi connectivity index (χ0n) is 43.7. The fraction of sp³-hybridized carbons (Fsp3) is 0.397. The quantitative estimate of drug-likeness (QED) is 0.163. The van der Waals surface area contributed by atoms with Gasteiger partial charge in [0.2, 0.25) is 0 Å². The second kappa shape index (κ2) is 15.0. The number of aryl methyl sites for hydroxylation is 1. The molecule has 0 fully saturated rings.